The van der Waals surface area contributed by atoms with Crippen LogP contribution in [0.25, 0.3) is 0 Å². The molecule has 5 nitrogen and oxygen atoms in total. The van der Waals surface area contributed by atoms with Gasteiger partial charge in [0.2, 0.25) is 0 Å². The van der Waals surface area contributed by atoms with Crippen LogP contribution in [0.1, 0.15) is 39.5 Å². The first kappa shape index (κ1) is 16.3. The summed E-state index contributed by atoms with van der Waals surface area (Å²) in [6.45, 7) is 3.44. The van der Waals surface area contributed by atoms with Crippen molar-refractivity contribution in [3.8, 4) is 0 Å². The van der Waals surface area contributed by atoms with Gasteiger partial charge in [0.05, 0.1) is 5.75 Å². The number of hydrogen-bond acceptors (Lipinski definition) is 5. The molecule has 0 saturated heterocycles. The molecule has 0 aliphatic heterocycles. The molecule has 118 valence electrons. The highest BCUT2D eigenvalue weighted by atomic mass is 32.2. The van der Waals surface area contributed by atoms with Gasteiger partial charge in [-0.15, -0.1) is 0 Å². The fraction of sp³-hybridized carbons (Fsp3) is 0.800. The zero-order valence-electron chi connectivity index (χ0n) is 12.7. The summed E-state index contributed by atoms with van der Waals surface area (Å²) in [5.74, 6) is -3.10. The van der Waals surface area contributed by atoms with Crippen LogP contribution in [0.3, 0.4) is 0 Å². The molecule has 2 fully saturated rings. The van der Waals surface area contributed by atoms with Crippen molar-refractivity contribution in [1.82, 2.24) is 0 Å². The van der Waals surface area contributed by atoms with Crippen LogP contribution in [-0.2, 0) is 24.2 Å². The molecule has 0 aromatic heterocycles. The van der Waals surface area contributed by atoms with Gasteiger partial charge >= 0.3 is 0 Å². The van der Waals surface area contributed by atoms with E-state index in [1.165, 1.54) is 0 Å². The van der Waals surface area contributed by atoms with Crippen LogP contribution in [-0.4, -0.2) is 37.8 Å². The second-order valence-electron chi connectivity index (χ2n) is 6.74. The average molecular weight is 314 g/mol. The van der Waals surface area contributed by atoms with Gasteiger partial charge < -0.3 is 0 Å². The molecule has 0 aromatic rings. The van der Waals surface area contributed by atoms with E-state index < -0.39 is 27.0 Å². The van der Waals surface area contributed by atoms with Crippen molar-refractivity contribution in [2.24, 2.45) is 23.2 Å². The molecule has 21 heavy (non-hydrogen) atoms. The zero-order valence-corrected chi connectivity index (χ0v) is 13.5. The summed E-state index contributed by atoms with van der Waals surface area (Å²) in [7, 11) is -3.37. The van der Waals surface area contributed by atoms with E-state index in [4.69, 9.17) is 0 Å². The Balaban J connectivity index is 2.38. The normalized spacial score (nSPS) is 34.0. The van der Waals surface area contributed by atoms with Gasteiger partial charge in [-0.05, 0) is 18.8 Å². The minimum Gasteiger partial charge on any atom is -0.298 e. The summed E-state index contributed by atoms with van der Waals surface area (Å²) < 4.78 is 23.4. The highest BCUT2D eigenvalue weighted by Crippen LogP contribution is 2.45. The van der Waals surface area contributed by atoms with Gasteiger partial charge in [0.15, 0.2) is 17.3 Å². The molecule has 0 N–H and O–H groups in total. The van der Waals surface area contributed by atoms with E-state index in [1.54, 1.807) is 6.92 Å². The van der Waals surface area contributed by atoms with Crippen LogP contribution in [0, 0.1) is 23.2 Å². The third-order valence-electron chi connectivity index (χ3n) is 4.81. The number of ketones is 3. The summed E-state index contributed by atoms with van der Waals surface area (Å²) in [5, 5.41) is 0. The Hall–Kier alpha value is -1.04. The molecule has 2 aliphatic carbocycles. The molecule has 3 atom stereocenters. The standard InChI is InChI=1S/C15H22O5S/c1-4-10-7-11(16)12(13(17)9-5-6-9)14(18)15(10,2)8-21(3,19)20/h9-10,12H,4-8H2,1-3H3. The first-order valence-corrected chi connectivity index (χ1v) is 9.44. The van der Waals surface area contributed by atoms with Gasteiger partial charge in [0, 0.05) is 24.0 Å². The quantitative estimate of drug-likeness (QED) is 0.712. The number of carbonyl (C=O) groups is 3. The number of hydrogen-bond donors (Lipinski definition) is 0. The molecule has 3 unspecified atom stereocenters. The summed E-state index contributed by atoms with van der Waals surface area (Å²) >= 11 is 0. The number of carbonyl (C=O) groups excluding carboxylic acids is 3. The maximum Gasteiger partial charge on any atom is 0.157 e. The van der Waals surface area contributed by atoms with Gasteiger partial charge in [0.25, 0.3) is 0 Å². The van der Waals surface area contributed by atoms with E-state index in [0.29, 0.717) is 6.42 Å². The summed E-state index contributed by atoms with van der Waals surface area (Å²) in [4.78, 5) is 37.2. The molecule has 6 heteroatoms. The number of Topliss-reactive ketones (excluding diaryl/α,β-unsaturated/α-hetero) is 3. The van der Waals surface area contributed by atoms with Crippen LogP contribution < -0.4 is 0 Å². The van der Waals surface area contributed by atoms with Crippen molar-refractivity contribution in [1.29, 1.82) is 0 Å². The Bertz CT molecular complexity index is 587. The fourth-order valence-corrected chi connectivity index (χ4v) is 4.95. The molecule has 0 radical (unpaired) electrons. The maximum absolute atomic E-state index is 12.8. The van der Waals surface area contributed by atoms with Gasteiger partial charge in [-0.3, -0.25) is 14.4 Å². The van der Waals surface area contributed by atoms with Crippen molar-refractivity contribution in [2.75, 3.05) is 12.0 Å². The van der Waals surface area contributed by atoms with E-state index in [9.17, 15) is 22.8 Å². The largest absolute Gasteiger partial charge is 0.298 e. The molecule has 0 bridgehead atoms. The van der Waals surface area contributed by atoms with Crippen molar-refractivity contribution in [2.45, 2.75) is 39.5 Å². The Morgan fingerprint density at radius 3 is 2.29 bits per heavy atom. The van der Waals surface area contributed by atoms with Crippen molar-refractivity contribution in [3.05, 3.63) is 0 Å². The van der Waals surface area contributed by atoms with Gasteiger partial charge in [-0.25, -0.2) is 8.42 Å². The average Bonchev–Trinajstić information content (AvgIpc) is 3.16. The fourth-order valence-electron chi connectivity index (χ4n) is 3.48. The Labute approximate surface area is 125 Å². The molecule has 0 amide bonds. The van der Waals surface area contributed by atoms with Crippen LogP contribution in [0.15, 0.2) is 0 Å². The zero-order chi connectivity index (χ0) is 16.0. The molecule has 2 saturated carbocycles. The second-order valence-corrected chi connectivity index (χ2v) is 8.88. The monoisotopic (exact) mass is 314 g/mol. The summed E-state index contributed by atoms with van der Waals surface area (Å²) in [5.41, 5.74) is -1.13. The minimum absolute atomic E-state index is 0.122. The first-order chi connectivity index (χ1) is 9.60. The highest BCUT2D eigenvalue weighted by Gasteiger charge is 2.55. The molecular weight excluding hydrogens is 292 g/mol. The minimum atomic E-state index is -3.37. The van der Waals surface area contributed by atoms with E-state index in [-0.39, 0.29) is 35.6 Å². The third-order valence-corrected chi connectivity index (χ3v) is 5.94. The van der Waals surface area contributed by atoms with E-state index >= 15 is 0 Å². The van der Waals surface area contributed by atoms with Crippen LogP contribution in [0.5, 0.6) is 0 Å². The molecule has 2 aliphatic rings. The molecule has 0 heterocycles. The van der Waals surface area contributed by atoms with Crippen LogP contribution in [0.2, 0.25) is 0 Å². The van der Waals surface area contributed by atoms with Crippen molar-refractivity contribution < 1.29 is 22.8 Å². The molecule has 0 spiro atoms. The Morgan fingerprint density at radius 2 is 1.86 bits per heavy atom. The lowest BCUT2D eigenvalue weighted by Crippen LogP contribution is -2.54. The predicted molar refractivity (Wildman–Crippen MR) is 77.5 cm³/mol. The smallest absolute Gasteiger partial charge is 0.157 e. The molecule has 0 aromatic carbocycles. The number of sulfone groups is 1. The van der Waals surface area contributed by atoms with E-state index in [2.05, 4.69) is 0 Å². The first-order valence-electron chi connectivity index (χ1n) is 7.38. The summed E-state index contributed by atoms with van der Waals surface area (Å²) in [6, 6.07) is 0. The predicted octanol–water partition coefficient (Wildman–Crippen LogP) is 1.20. The Kier molecular flexibility index (Phi) is 4.12. The third kappa shape index (κ3) is 3.10. The lowest BCUT2D eigenvalue weighted by molar-refractivity contribution is -0.151. The van der Waals surface area contributed by atoms with Crippen LogP contribution in [0.4, 0.5) is 0 Å². The lowest BCUT2D eigenvalue weighted by atomic mass is 9.61. The van der Waals surface area contributed by atoms with Crippen molar-refractivity contribution >= 4 is 27.2 Å². The summed E-state index contributed by atoms with van der Waals surface area (Å²) in [6.07, 6.45) is 3.23. The number of rotatable bonds is 5. The van der Waals surface area contributed by atoms with Crippen molar-refractivity contribution in [3.63, 3.8) is 0 Å². The lowest BCUT2D eigenvalue weighted by Gasteiger charge is -2.41. The van der Waals surface area contributed by atoms with E-state index in [0.717, 1.165) is 19.1 Å². The molecular formula is C15H22O5S. The van der Waals surface area contributed by atoms with Crippen LogP contribution >= 0.6 is 0 Å². The SMILES string of the molecule is CCC1CC(=O)C(C(=O)C2CC2)C(=O)C1(C)CS(C)(=O)=O. The highest BCUT2D eigenvalue weighted by molar-refractivity contribution is 7.90. The van der Waals surface area contributed by atoms with E-state index in [1.807, 2.05) is 6.92 Å². The Morgan fingerprint density at radius 1 is 1.29 bits per heavy atom. The second kappa shape index (κ2) is 5.30. The molecule has 2 rings (SSSR count). The topological polar surface area (TPSA) is 85.3 Å². The van der Waals surface area contributed by atoms with Gasteiger partial charge in [-0.2, -0.15) is 0 Å². The maximum atomic E-state index is 12.8. The van der Waals surface area contributed by atoms with Gasteiger partial charge in [-0.1, -0.05) is 20.3 Å². The van der Waals surface area contributed by atoms with Gasteiger partial charge in [0.1, 0.15) is 15.8 Å².